The third-order valence-electron chi connectivity index (χ3n) is 4.97. The predicted molar refractivity (Wildman–Crippen MR) is 113 cm³/mol. The number of hydrogen-bond acceptors (Lipinski definition) is 7. The fraction of sp³-hybridized carbons (Fsp3) is 0.381. The third-order valence-corrected chi connectivity index (χ3v) is 6.06. The van der Waals surface area contributed by atoms with Gasteiger partial charge in [0, 0.05) is 43.9 Å². The number of aryl methyl sites for hydroxylation is 1. The van der Waals surface area contributed by atoms with Gasteiger partial charge >= 0.3 is 0 Å². The standard InChI is InChI=1S/C21H24N6OS/c1-2-17-18(29-21(26-17)19-23-9-5-10-24-19)20(28)25-16-7-4-11-27(14-16)13-15-6-3-8-22-12-15/h3,5-6,8-10,12,16H,2,4,7,11,13-14H2,1H3,(H,25,28). The van der Waals surface area contributed by atoms with Gasteiger partial charge in [-0.05, 0) is 43.5 Å². The minimum atomic E-state index is -0.0465. The lowest BCUT2D eigenvalue weighted by molar-refractivity contribution is 0.0903. The van der Waals surface area contributed by atoms with Crippen LogP contribution < -0.4 is 5.32 Å². The predicted octanol–water partition coefficient (Wildman–Crippen LogP) is 2.95. The summed E-state index contributed by atoms with van der Waals surface area (Å²) in [4.78, 5) is 33.3. The minimum Gasteiger partial charge on any atom is -0.347 e. The lowest BCUT2D eigenvalue weighted by atomic mass is 10.0. The molecule has 0 aliphatic carbocycles. The fourth-order valence-corrected chi connectivity index (χ4v) is 4.60. The van der Waals surface area contributed by atoms with Crippen LogP contribution in [0.2, 0.25) is 0 Å². The second-order valence-electron chi connectivity index (χ2n) is 7.13. The highest BCUT2D eigenvalue weighted by atomic mass is 32.1. The summed E-state index contributed by atoms with van der Waals surface area (Å²) in [6, 6.07) is 5.96. The Kier molecular flexibility index (Phi) is 6.21. The van der Waals surface area contributed by atoms with Crippen molar-refractivity contribution < 1.29 is 4.79 Å². The van der Waals surface area contributed by atoms with Crippen molar-refractivity contribution in [3.8, 4) is 10.8 Å². The molecule has 1 atom stereocenters. The van der Waals surface area contributed by atoms with Gasteiger partial charge < -0.3 is 5.32 Å². The number of aromatic nitrogens is 4. The van der Waals surface area contributed by atoms with Gasteiger partial charge in [-0.1, -0.05) is 13.0 Å². The summed E-state index contributed by atoms with van der Waals surface area (Å²) in [6.45, 7) is 4.75. The first-order chi connectivity index (χ1) is 14.2. The van der Waals surface area contributed by atoms with Crippen LogP contribution in [0.15, 0.2) is 43.0 Å². The first kappa shape index (κ1) is 19.6. The molecule has 1 N–H and O–H groups in total. The molecule has 1 aliphatic heterocycles. The van der Waals surface area contributed by atoms with E-state index in [1.54, 1.807) is 24.7 Å². The molecule has 150 valence electrons. The van der Waals surface area contributed by atoms with Gasteiger partial charge in [-0.3, -0.25) is 14.7 Å². The van der Waals surface area contributed by atoms with E-state index in [2.05, 4.69) is 36.2 Å². The topological polar surface area (TPSA) is 83.9 Å². The normalized spacial score (nSPS) is 17.2. The van der Waals surface area contributed by atoms with Crippen LogP contribution in [-0.2, 0) is 13.0 Å². The number of amides is 1. The van der Waals surface area contributed by atoms with Crippen LogP contribution in [-0.4, -0.2) is 49.9 Å². The lowest BCUT2D eigenvalue weighted by Gasteiger charge is -2.33. The average molecular weight is 409 g/mol. The van der Waals surface area contributed by atoms with Gasteiger partial charge in [0.1, 0.15) is 4.88 Å². The van der Waals surface area contributed by atoms with Crippen molar-refractivity contribution in [3.63, 3.8) is 0 Å². The highest BCUT2D eigenvalue weighted by Crippen LogP contribution is 2.26. The highest BCUT2D eigenvalue weighted by Gasteiger charge is 2.25. The van der Waals surface area contributed by atoms with Crippen molar-refractivity contribution in [3.05, 3.63) is 59.1 Å². The van der Waals surface area contributed by atoms with Crippen LogP contribution in [0.3, 0.4) is 0 Å². The van der Waals surface area contributed by atoms with Crippen LogP contribution in [0.4, 0.5) is 0 Å². The Morgan fingerprint density at radius 2 is 2.14 bits per heavy atom. The van der Waals surface area contributed by atoms with Gasteiger partial charge in [-0.15, -0.1) is 11.3 Å². The molecule has 4 heterocycles. The summed E-state index contributed by atoms with van der Waals surface area (Å²) in [7, 11) is 0. The van der Waals surface area contributed by atoms with E-state index in [1.165, 1.54) is 16.9 Å². The van der Waals surface area contributed by atoms with Crippen LogP contribution >= 0.6 is 11.3 Å². The van der Waals surface area contributed by atoms with Crippen molar-refractivity contribution in [1.82, 2.24) is 30.2 Å². The zero-order chi connectivity index (χ0) is 20.1. The number of piperidine rings is 1. The van der Waals surface area contributed by atoms with E-state index in [4.69, 9.17) is 0 Å². The molecule has 0 radical (unpaired) electrons. The molecule has 0 bridgehead atoms. The van der Waals surface area contributed by atoms with E-state index in [0.717, 1.165) is 38.2 Å². The molecule has 0 saturated carbocycles. The molecular formula is C21H24N6OS. The molecule has 3 aromatic heterocycles. The van der Waals surface area contributed by atoms with E-state index >= 15 is 0 Å². The molecule has 0 aromatic carbocycles. The summed E-state index contributed by atoms with van der Waals surface area (Å²) in [5.74, 6) is 0.515. The van der Waals surface area contributed by atoms with Gasteiger partial charge in [-0.25, -0.2) is 15.0 Å². The Labute approximate surface area is 174 Å². The molecule has 3 aromatic rings. The van der Waals surface area contributed by atoms with E-state index in [1.807, 2.05) is 19.2 Å². The number of rotatable bonds is 6. The maximum Gasteiger partial charge on any atom is 0.263 e. The second kappa shape index (κ2) is 9.19. The monoisotopic (exact) mass is 408 g/mol. The maximum absolute atomic E-state index is 13.0. The van der Waals surface area contributed by atoms with E-state index in [9.17, 15) is 4.79 Å². The first-order valence-electron chi connectivity index (χ1n) is 9.92. The molecule has 4 rings (SSSR count). The summed E-state index contributed by atoms with van der Waals surface area (Å²) < 4.78 is 0. The van der Waals surface area contributed by atoms with Crippen molar-refractivity contribution >= 4 is 17.2 Å². The largest absolute Gasteiger partial charge is 0.347 e. The van der Waals surface area contributed by atoms with Gasteiger partial charge in [0.15, 0.2) is 10.8 Å². The summed E-state index contributed by atoms with van der Waals surface area (Å²) in [5.41, 5.74) is 2.00. The number of carbonyl (C=O) groups excluding carboxylic acids is 1. The van der Waals surface area contributed by atoms with Crippen LogP contribution in [0.1, 0.15) is 40.7 Å². The Morgan fingerprint density at radius 3 is 2.90 bits per heavy atom. The second-order valence-corrected chi connectivity index (χ2v) is 8.13. The van der Waals surface area contributed by atoms with E-state index in [0.29, 0.717) is 22.1 Å². The molecule has 1 amide bonds. The molecule has 1 unspecified atom stereocenters. The summed E-state index contributed by atoms with van der Waals surface area (Å²) >= 11 is 1.37. The number of carbonyl (C=O) groups is 1. The maximum atomic E-state index is 13.0. The number of nitrogens with zero attached hydrogens (tertiary/aromatic N) is 5. The SMILES string of the molecule is CCc1nc(-c2ncccn2)sc1C(=O)NC1CCCN(Cc2cccnc2)C1. The van der Waals surface area contributed by atoms with Crippen molar-refractivity contribution in [2.45, 2.75) is 38.8 Å². The van der Waals surface area contributed by atoms with Gasteiger partial charge in [-0.2, -0.15) is 0 Å². The Balaban J connectivity index is 1.43. The number of thiazole rings is 1. The molecule has 7 nitrogen and oxygen atoms in total. The zero-order valence-corrected chi connectivity index (χ0v) is 17.2. The van der Waals surface area contributed by atoms with Gasteiger partial charge in [0.25, 0.3) is 5.91 Å². The number of nitrogens with one attached hydrogen (secondary N) is 1. The zero-order valence-electron chi connectivity index (χ0n) is 16.4. The molecule has 29 heavy (non-hydrogen) atoms. The number of likely N-dealkylation sites (tertiary alicyclic amines) is 1. The van der Waals surface area contributed by atoms with Crippen LogP contribution in [0, 0.1) is 0 Å². The van der Waals surface area contributed by atoms with Crippen molar-refractivity contribution in [2.75, 3.05) is 13.1 Å². The van der Waals surface area contributed by atoms with Gasteiger partial charge in [0.05, 0.1) is 5.69 Å². The minimum absolute atomic E-state index is 0.0465. The third kappa shape index (κ3) is 4.83. The quantitative estimate of drug-likeness (QED) is 0.675. The Morgan fingerprint density at radius 1 is 1.28 bits per heavy atom. The Hall–Kier alpha value is -2.71. The summed E-state index contributed by atoms with van der Waals surface area (Å²) in [5, 5.41) is 3.91. The summed E-state index contributed by atoms with van der Waals surface area (Å²) in [6.07, 6.45) is 9.83. The highest BCUT2D eigenvalue weighted by molar-refractivity contribution is 7.17. The molecule has 1 fully saturated rings. The van der Waals surface area contributed by atoms with E-state index < -0.39 is 0 Å². The molecular weight excluding hydrogens is 384 g/mol. The first-order valence-corrected chi connectivity index (χ1v) is 10.7. The van der Waals surface area contributed by atoms with Crippen LogP contribution in [0.5, 0.6) is 0 Å². The molecule has 1 saturated heterocycles. The number of hydrogen-bond donors (Lipinski definition) is 1. The van der Waals surface area contributed by atoms with Crippen molar-refractivity contribution in [1.29, 1.82) is 0 Å². The number of pyridine rings is 1. The molecule has 1 aliphatic rings. The van der Waals surface area contributed by atoms with Gasteiger partial charge in [0.2, 0.25) is 0 Å². The lowest BCUT2D eigenvalue weighted by Crippen LogP contribution is -2.47. The van der Waals surface area contributed by atoms with Crippen LogP contribution in [0.25, 0.3) is 10.8 Å². The smallest absolute Gasteiger partial charge is 0.263 e. The molecule has 0 spiro atoms. The van der Waals surface area contributed by atoms with E-state index in [-0.39, 0.29) is 11.9 Å². The molecule has 8 heteroatoms. The average Bonchev–Trinajstić information content (AvgIpc) is 3.20. The van der Waals surface area contributed by atoms with Crippen molar-refractivity contribution in [2.24, 2.45) is 0 Å². The Bertz CT molecular complexity index is 946. The fourth-order valence-electron chi connectivity index (χ4n) is 3.59.